The molecule has 0 saturated carbocycles. The molecule has 13 heavy (non-hydrogen) atoms. The van der Waals surface area contributed by atoms with E-state index in [1.165, 1.54) is 11.1 Å². The average molecular weight is 254 g/mol. The molecule has 0 nitrogen and oxygen atoms in total. The molecule has 0 amide bonds. The van der Waals surface area contributed by atoms with Gasteiger partial charge < -0.3 is 24.8 Å². The van der Waals surface area contributed by atoms with Crippen LogP contribution in [0.2, 0.25) is 0 Å². The van der Waals surface area contributed by atoms with Crippen molar-refractivity contribution >= 4 is 0 Å². The number of allylic oxidation sites excluding steroid dienone is 4. The normalized spacial score (nSPS) is 14.5. The molecule has 0 spiro atoms. The van der Waals surface area contributed by atoms with Crippen LogP contribution in [-0.2, 0) is 21.7 Å². The molecule has 1 radical (unpaired) electrons. The van der Waals surface area contributed by atoms with E-state index in [1.54, 1.807) is 0 Å². The van der Waals surface area contributed by atoms with Gasteiger partial charge in [0.1, 0.15) is 0 Å². The van der Waals surface area contributed by atoms with E-state index < -0.39 is 0 Å². The summed E-state index contributed by atoms with van der Waals surface area (Å²) in [6, 6.07) is 0. The van der Waals surface area contributed by atoms with Crippen LogP contribution in [0.3, 0.4) is 0 Å². The minimum Gasteiger partial charge on any atom is -1.00 e. The Balaban J connectivity index is -0.000000333. The van der Waals surface area contributed by atoms with Crippen molar-refractivity contribution in [2.75, 3.05) is 0 Å². The second-order valence-electron chi connectivity index (χ2n) is 3.91. The second-order valence-corrected chi connectivity index (χ2v) is 3.91. The zero-order valence-electron chi connectivity index (χ0n) is 8.54. The maximum atomic E-state index is 3.23. The standard InChI is InChI=1S/C10H15.2ClH.Ti/c1-8-6-5-7-9(8)10(2,3)4;;;/h5H,7H2,1-4H3;2*1H;/q-1;;;+3/p-2. The van der Waals surface area contributed by atoms with Gasteiger partial charge in [-0.05, 0) is 0 Å². The Labute approximate surface area is 109 Å². The number of hydrogen-bond acceptors (Lipinski definition) is 0. The summed E-state index contributed by atoms with van der Waals surface area (Å²) in [5, 5.41) is 0. The minimum atomic E-state index is 0. The van der Waals surface area contributed by atoms with Gasteiger partial charge in [-0.3, -0.25) is 6.08 Å². The predicted molar refractivity (Wildman–Crippen MR) is 44.6 cm³/mol. The van der Waals surface area contributed by atoms with E-state index in [4.69, 9.17) is 0 Å². The van der Waals surface area contributed by atoms with Gasteiger partial charge in [0.15, 0.2) is 0 Å². The van der Waals surface area contributed by atoms with Crippen molar-refractivity contribution in [3.63, 3.8) is 0 Å². The van der Waals surface area contributed by atoms with Gasteiger partial charge in [0.25, 0.3) is 0 Å². The molecule has 0 aromatic rings. The Hall–Kier alpha value is 0.774. The van der Waals surface area contributed by atoms with E-state index >= 15 is 0 Å². The van der Waals surface area contributed by atoms with Gasteiger partial charge in [-0.1, -0.05) is 39.5 Å². The molecule has 0 heterocycles. The maximum absolute atomic E-state index is 3.23. The van der Waals surface area contributed by atoms with Crippen LogP contribution in [0.4, 0.5) is 0 Å². The molecule has 0 saturated heterocycles. The fourth-order valence-electron chi connectivity index (χ4n) is 1.42. The zero-order chi connectivity index (χ0) is 7.78. The van der Waals surface area contributed by atoms with Gasteiger partial charge in [0.2, 0.25) is 0 Å². The van der Waals surface area contributed by atoms with Crippen molar-refractivity contribution in [1.29, 1.82) is 0 Å². The Morgan fingerprint density at radius 1 is 1.23 bits per heavy atom. The van der Waals surface area contributed by atoms with Gasteiger partial charge >= 0.3 is 21.7 Å². The third-order valence-corrected chi connectivity index (χ3v) is 1.98. The fourth-order valence-corrected chi connectivity index (χ4v) is 1.42. The van der Waals surface area contributed by atoms with E-state index in [0.717, 1.165) is 6.42 Å². The fraction of sp³-hybridized carbons (Fsp3) is 0.600. The number of halogens is 2. The molecule has 3 heteroatoms. The molecule has 0 aromatic carbocycles. The molecule has 0 unspecified atom stereocenters. The summed E-state index contributed by atoms with van der Waals surface area (Å²) in [5.41, 5.74) is 3.21. The third-order valence-electron chi connectivity index (χ3n) is 1.98. The van der Waals surface area contributed by atoms with E-state index in [-0.39, 0.29) is 46.5 Å². The van der Waals surface area contributed by atoms with Gasteiger partial charge in [-0.25, -0.2) is 11.1 Å². The summed E-state index contributed by atoms with van der Waals surface area (Å²) in [5.74, 6) is 0. The van der Waals surface area contributed by atoms with Gasteiger partial charge in [-0.2, -0.15) is 6.08 Å². The van der Waals surface area contributed by atoms with E-state index in [1.807, 2.05) is 0 Å². The van der Waals surface area contributed by atoms with Gasteiger partial charge in [0.05, 0.1) is 0 Å². The summed E-state index contributed by atoms with van der Waals surface area (Å²) in [6.45, 7) is 8.91. The third kappa shape index (κ3) is 5.27. The van der Waals surface area contributed by atoms with Crippen LogP contribution in [0.5, 0.6) is 0 Å². The van der Waals surface area contributed by atoms with Crippen LogP contribution < -0.4 is 24.8 Å². The van der Waals surface area contributed by atoms with Crippen LogP contribution >= 0.6 is 0 Å². The minimum absolute atomic E-state index is 0. The second kappa shape index (κ2) is 7.12. The molecule has 0 bridgehead atoms. The Morgan fingerprint density at radius 3 is 1.85 bits per heavy atom. The molecule has 0 fully saturated rings. The average Bonchev–Trinajstić information content (AvgIpc) is 2.11. The monoisotopic (exact) mass is 253 g/mol. The van der Waals surface area contributed by atoms with E-state index in [2.05, 4.69) is 39.8 Å². The summed E-state index contributed by atoms with van der Waals surface area (Å²) < 4.78 is 0. The van der Waals surface area contributed by atoms with Crippen LogP contribution in [0.15, 0.2) is 17.2 Å². The molecule has 73 valence electrons. The van der Waals surface area contributed by atoms with Crippen molar-refractivity contribution in [1.82, 2.24) is 0 Å². The topological polar surface area (TPSA) is 0 Å². The largest absolute Gasteiger partial charge is 3.00 e. The van der Waals surface area contributed by atoms with Crippen LogP contribution in [-0.4, -0.2) is 0 Å². The molecule has 1 aliphatic carbocycles. The van der Waals surface area contributed by atoms with Crippen molar-refractivity contribution < 1.29 is 46.5 Å². The summed E-state index contributed by atoms with van der Waals surface area (Å²) in [6.07, 6.45) is 6.46. The SMILES string of the molecule is CC1=C(C(C)(C)C)CC=[C-]1.[Cl-].[Cl-].[Ti+3]. The molecule has 1 rings (SSSR count). The van der Waals surface area contributed by atoms with Crippen LogP contribution in [0.25, 0.3) is 0 Å². The van der Waals surface area contributed by atoms with Crippen molar-refractivity contribution in [3.8, 4) is 0 Å². The van der Waals surface area contributed by atoms with Gasteiger partial charge in [0, 0.05) is 0 Å². The first-order chi connectivity index (χ1) is 4.52. The van der Waals surface area contributed by atoms with Crippen LogP contribution in [0, 0.1) is 11.5 Å². The first kappa shape index (κ1) is 19.4. The molecule has 0 aliphatic heterocycles. The van der Waals surface area contributed by atoms with Gasteiger partial charge in [-0.15, -0.1) is 0 Å². The molecule has 0 atom stereocenters. The molecular formula is C10H15Cl2Ti. The summed E-state index contributed by atoms with van der Waals surface area (Å²) in [4.78, 5) is 0. The first-order valence-electron chi connectivity index (χ1n) is 3.80. The predicted octanol–water partition coefficient (Wildman–Crippen LogP) is -2.88. The molecule has 0 N–H and O–H groups in total. The first-order valence-corrected chi connectivity index (χ1v) is 3.80. The number of hydrogen-bond donors (Lipinski definition) is 0. The zero-order valence-corrected chi connectivity index (χ0v) is 11.6. The smallest absolute Gasteiger partial charge is 1.00 e. The molecule has 0 aromatic heterocycles. The quantitative estimate of drug-likeness (QED) is 0.322. The van der Waals surface area contributed by atoms with Crippen molar-refractivity contribution in [2.45, 2.75) is 34.1 Å². The summed E-state index contributed by atoms with van der Waals surface area (Å²) in [7, 11) is 0. The van der Waals surface area contributed by atoms with Crippen LogP contribution in [0.1, 0.15) is 34.1 Å². The Bertz CT molecular complexity index is 199. The molecule has 1 aliphatic rings. The number of rotatable bonds is 0. The van der Waals surface area contributed by atoms with Crippen molar-refractivity contribution in [3.05, 3.63) is 23.3 Å². The maximum Gasteiger partial charge on any atom is 3.00 e. The van der Waals surface area contributed by atoms with E-state index in [9.17, 15) is 0 Å². The molecular weight excluding hydrogens is 239 g/mol. The Morgan fingerprint density at radius 2 is 1.69 bits per heavy atom. The summed E-state index contributed by atoms with van der Waals surface area (Å²) >= 11 is 0. The van der Waals surface area contributed by atoms with E-state index in [0.29, 0.717) is 5.41 Å². The Kier molecular flexibility index (Phi) is 10.6. The van der Waals surface area contributed by atoms with Crippen molar-refractivity contribution in [2.24, 2.45) is 5.41 Å².